The smallest absolute Gasteiger partial charge is 0.276 e. The molecular weight excluding hydrogens is 346 g/mol. The second kappa shape index (κ2) is 6.91. The molecule has 27 heavy (non-hydrogen) atoms. The minimum Gasteiger partial charge on any atom is -0.461 e. The quantitative estimate of drug-likeness (QED) is 0.540. The van der Waals surface area contributed by atoms with Crippen molar-refractivity contribution >= 4 is 5.91 Å². The Balaban J connectivity index is 1.50. The number of rotatable bonds is 5. The van der Waals surface area contributed by atoms with Crippen LogP contribution < -0.4 is 0 Å². The van der Waals surface area contributed by atoms with E-state index < -0.39 is 0 Å². The fourth-order valence-electron chi connectivity index (χ4n) is 2.74. The number of carbonyl (C=O) groups is 1. The van der Waals surface area contributed by atoms with Gasteiger partial charge in [-0.1, -0.05) is 17.3 Å². The van der Waals surface area contributed by atoms with Crippen molar-refractivity contribution in [3.05, 3.63) is 72.6 Å². The van der Waals surface area contributed by atoms with Gasteiger partial charge in [-0.05, 0) is 36.8 Å². The number of amides is 1. The molecule has 1 atom stereocenters. The first-order valence-corrected chi connectivity index (χ1v) is 8.36. The minimum atomic E-state index is -0.232. The van der Waals surface area contributed by atoms with Crippen molar-refractivity contribution in [2.75, 3.05) is 7.05 Å². The fourth-order valence-corrected chi connectivity index (χ4v) is 2.74. The molecule has 1 unspecified atom stereocenters. The molecule has 0 spiro atoms. The monoisotopic (exact) mass is 363 g/mol. The molecule has 4 rings (SSSR count). The SMILES string of the molecule is CC(c1ccc(-n2cncn2)cc1)N(C)C(=O)c1cc(-c2ccco2)on1. The van der Waals surface area contributed by atoms with Gasteiger partial charge in [-0.15, -0.1) is 0 Å². The molecule has 0 saturated heterocycles. The molecule has 0 N–H and O–H groups in total. The summed E-state index contributed by atoms with van der Waals surface area (Å²) in [5, 5.41) is 7.97. The number of benzene rings is 1. The molecule has 0 aliphatic carbocycles. The second-order valence-corrected chi connectivity index (χ2v) is 6.08. The predicted octanol–water partition coefficient (Wildman–Crippen LogP) is 3.35. The first-order valence-electron chi connectivity index (χ1n) is 8.36. The van der Waals surface area contributed by atoms with Gasteiger partial charge in [0.25, 0.3) is 5.91 Å². The van der Waals surface area contributed by atoms with Crippen LogP contribution in [0, 0.1) is 0 Å². The zero-order chi connectivity index (χ0) is 18.8. The molecule has 8 nitrogen and oxygen atoms in total. The van der Waals surface area contributed by atoms with Crippen LogP contribution in [0.1, 0.15) is 29.0 Å². The number of aromatic nitrogens is 4. The second-order valence-electron chi connectivity index (χ2n) is 6.08. The number of hydrogen-bond donors (Lipinski definition) is 0. The fraction of sp³-hybridized carbons (Fsp3) is 0.158. The molecule has 3 aromatic heterocycles. The Hall–Kier alpha value is -3.68. The van der Waals surface area contributed by atoms with Crippen LogP contribution in [-0.4, -0.2) is 37.8 Å². The summed E-state index contributed by atoms with van der Waals surface area (Å²) in [5.41, 5.74) is 2.12. The van der Waals surface area contributed by atoms with E-state index in [9.17, 15) is 4.79 Å². The lowest BCUT2D eigenvalue weighted by molar-refractivity contribution is 0.0732. The van der Waals surface area contributed by atoms with Gasteiger partial charge >= 0.3 is 0 Å². The third kappa shape index (κ3) is 3.24. The summed E-state index contributed by atoms with van der Waals surface area (Å²) in [7, 11) is 1.74. The van der Waals surface area contributed by atoms with Gasteiger partial charge in [0.05, 0.1) is 18.0 Å². The lowest BCUT2D eigenvalue weighted by Gasteiger charge is -2.24. The average Bonchev–Trinajstić information content (AvgIpc) is 3.47. The van der Waals surface area contributed by atoms with E-state index in [2.05, 4.69) is 15.2 Å². The largest absolute Gasteiger partial charge is 0.461 e. The summed E-state index contributed by atoms with van der Waals surface area (Å²) in [6, 6.07) is 12.7. The molecule has 0 aliphatic heterocycles. The van der Waals surface area contributed by atoms with Crippen molar-refractivity contribution in [3.8, 4) is 17.2 Å². The molecule has 0 bridgehead atoms. The number of hydrogen-bond acceptors (Lipinski definition) is 6. The first kappa shape index (κ1) is 16.8. The van der Waals surface area contributed by atoms with Crippen molar-refractivity contribution in [2.45, 2.75) is 13.0 Å². The first-order chi connectivity index (χ1) is 13.1. The summed E-state index contributed by atoms with van der Waals surface area (Å²) in [5.74, 6) is 0.715. The van der Waals surface area contributed by atoms with Crippen LogP contribution in [0.4, 0.5) is 0 Å². The summed E-state index contributed by atoms with van der Waals surface area (Å²) in [4.78, 5) is 18.3. The van der Waals surface area contributed by atoms with Gasteiger partial charge < -0.3 is 13.8 Å². The summed E-state index contributed by atoms with van der Waals surface area (Å²) < 4.78 is 12.2. The van der Waals surface area contributed by atoms with E-state index in [0.717, 1.165) is 11.3 Å². The highest BCUT2D eigenvalue weighted by Gasteiger charge is 2.23. The maximum atomic E-state index is 12.7. The van der Waals surface area contributed by atoms with Gasteiger partial charge in [0.15, 0.2) is 11.5 Å². The number of nitrogens with zero attached hydrogens (tertiary/aromatic N) is 5. The van der Waals surface area contributed by atoms with E-state index in [1.54, 1.807) is 41.2 Å². The van der Waals surface area contributed by atoms with E-state index in [1.807, 2.05) is 31.2 Å². The summed E-state index contributed by atoms with van der Waals surface area (Å²) in [6.07, 6.45) is 4.66. The van der Waals surface area contributed by atoms with Crippen LogP contribution in [0.2, 0.25) is 0 Å². The Morgan fingerprint density at radius 3 is 2.67 bits per heavy atom. The molecule has 3 heterocycles. The third-order valence-electron chi connectivity index (χ3n) is 4.45. The van der Waals surface area contributed by atoms with Crippen LogP contribution in [0.25, 0.3) is 17.2 Å². The molecular formula is C19H17N5O3. The van der Waals surface area contributed by atoms with Crippen LogP contribution in [0.5, 0.6) is 0 Å². The van der Waals surface area contributed by atoms with E-state index in [0.29, 0.717) is 11.5 Å². The summed E-state index contributed by atoms with van der Waals surface area (Å²) >= 11 is 0. The Morgan fingerprint density at radius 1 is 1.19 bits per heavy atom. The van der Waals surface area contributed by atoms with E-state index in [1.165, 1.54) is 12.6 Å². The molecule has 8 heteroatoms. The normalized spacial score (nSPS) is 12.1. The lowest BCUT2D eigenvalue weighted by Crippen LogP contribution is -2.29. The zero-order valence-electron chi connectivity index (χ0n) is 14.8. The maximum Gasteiger partial charge on any atom is 0.276 e. The van der Waals surface area contributed by atoms with Gasteiger partial charge in [0.2, 0.25) is 5.76 Å². The molecule has 1 aromatic carbocycles. The van der Waals surface area contributed by atoms with E-state index >= 15 is 0 Å². The number of carbonyl (C=O) groups excluding carboxylic acids is 1. The third-order valence-corrected chi connectivity index (χ3v) is 4.45. The van der Waals surface area contributed by atoms with Crippen LogP contribution >= 0.6 is 0 Å². The standard InChI is InChI=1S/C19H17N5O3/c1-13(14-5-7-15(8-6-14)24-12-20-11-21-24)23(2)19(25)16-10-18(27-22-16)17-4-3-9-26-17/h3-13H,1-2H3. The predicted molar refractivity (Wildman–Crippen MR) is 96.1 cm³/mol. The Bertz CT molecular complexity index is 1020. The van der Waals surface area contributed by atoms with Gasteiger partial charge in [-0.3, -0.25) is 4.79 Å². The lowest BCUT2D eigenvalue weighted by atomic mass is 10.1. The average molecular weight is 363 g/mol. The summed E-state index contributed by atoms with van der Waals surface area (Å²) in [6.45, 7) is 1.95. The zero-order valence-corrected chi connectivity index (χ0v) is 14.8. The molecule has 1 amide bonds. The minimum absolute atomic E-state index is 0.147. The molecule has 0 radical (unpaired) electrons. The molecule has 136 valence electrons. The van der Waals surface area contributed by atoms with E-state index in [-0.39, 0.29) is 17.6 Å². The van der Waals surface area contributed by atoms with Crippen molar-refractivity contribution in [3.63, 3.8) is 0 Å². The van der Waals surface area contributed by atoms with Crippen LogP contribution in [-0.2, 0) is 0 Å². The Labute approximate surface area is 155 Å². The topological polar surface area (TPSA) is 90.2 Å². The molecule has 4 aromatic rings. The highest BCUT2D eigenvalue weighted by molar-refractivity contribution is 5.93. The molecule has 0 fully saturated rings. The van der Waals surface area contributed by atoms with Crippen LogP contribution in [0.15, 0.2) is 70.3 Å². The molecule has 0 aliphatic rings. The van der Waals surface area contributed by atoms with Gasteiger partial charge in [0, 0.05) is 13.1 Å². The number of furan rings is 1. The highest BCUT2D eigenvalue weighted by Crippen LogP contribution is 2.24. The van der Waals surface area contributed by atoms with Crippen molar-refractivity contribution in [1.82, 2.24) is 24.8 Å². The van der Waals surface area contributed by atoms with E-state index in [4.69, 9.17) is 8.94 Å². The van der Waals surface area contributed by atoms with Crippen LogP contribution in [0.3, 0.4) is 0 Å². The van der Waals surface area contributed by atoms with Gasteiger partial charge in [-0.2, -0.15) is 5.10 Å². The highest BCUT2D eigenvalue weighted by atomic mass is 16.5. The van der Waals surface area contributed by atoms with Gasteiger partial charge in [-0.25, -0.2) is 9.67 Å². The molecule has 0 saturated carbocycles. The Morgan fingerprint density at radius 2 is 2.00 bits per heavy atom. The Kier molecular flexibility index (Phi) is 4.29. The maximum absolute atomic E-state index is 12.7. The van der Waals surface area contributed by atoms with Crippen molar-refractivity contribution < 1.29 is 13.7 Å². The van der Waals surface area contributed by atoms with Gasteiger partial charge in [0.1, 0.15) is 12.7 Å². The van der Waals surface area contributed by atoms with Crippen molar-refractivity contribution in [1.29, 1.82) is 0 Å². The van der Waals surface area contributed by atoms with Crippen molar-refractivity contribution in [2.24, 2.45) is 0 Å².